The molecular weight excluding hydrogens is 546 g/mol. The molecule has 5 atom stereocenters. The molecule has 0 spiro atoms. The van der Waals surface area contributed by atoms with Gasteiger partial charge >= 0.3 is 5.97 Å². The Bertz CT molecular complexity index is 1570. The molecule has 0 unspecified atom stereocenters. The van der Waals surface area contributed by atoms with Gasteiger partial charge in [-0.15, -0.1) is 0 Å². The van der Waals surface area contributed by atoms with E-state index in [2.05, 4.69) is 5.32 Å². The third-order valence-electron chi connectivity index (χ3n) is 9.12. The number of pyridine rings is 1. The molecular formula is C34H37N3O6. The molecule has 3 aromatic rings. The number of aliphatic carboxylic acids is 1. The molecule has 43 heavy (non-hydrogen) atoms. The predicted octanol–water partition coefficient (Wildman–Crippen LogP) is 4.84. The molecule has 3 aliphatic rings. The van der Waals surface area contributed by atoms with Crippen molar-refractivity contribution in [3.8, 4) is 22.8 Å². The maximum atomic E-state index is 13.7. The third kappa shape index (κ3) is 5.68. The summed E-state index contributed by atoms with van der Waals surface area (Å²) in [5.74, 6) is -1.83. The van der Waals surface area contributed by atoms with Gasteiger partial charge in [-0.05, 0) is 50.7 Å². The Morgan fingerprint density at radius 2 is 1.86 bits per heavy atom. The highest BCUT2D eigenvalue weighted by Crippen LogP contribution is 2.46. The number of amides is 2. The minimum absolute atomic E-state index is 0.107. The van der Waals surface area contributed by atoms with Crippen molar-refractivity contribution in [3.05, 3.63) is 66.7 Å². The van der Waals surface area contributed by atoms with Crippen molar-refractivity contribution in [2.75, 3.05) is 20.7 Å². The van der Waals surface area contributed by atoms with E-state index in [0.29, 0.717) is 42.8 Å². The first-order valence-electron chi connectivity index (χ1n) is 15.0. The average molecular weight is 584 g/mol. The van der Waals surface area contributed by atoms with Crippen molar-refractivity contribution in [1.82, 2.24) is 15.2 Å². The molecule has 1 aromatic heterocycles. The van der Waals surface area contributed by atoms with Gasteiger partial charge < -0.3 is 24.8 Å². The first-order valence-corrected chi connectivity index (χ1v) is 15.0. The first-order chi connectivity index (χ1) is 20.8. The summed E-state index contributed by atoms with van der Waals surface area (Å²) in [5, 5.41) is 13.7. The van der Waals surface area contributed by atoms with Gasteiger partial charge in [0.1, 0.15) is 23.1 Å². The zero-order valence-corrected chi connectivity index (χ0v) is 24.5. The lowest BCUT2D eigenvalue weighted by molar-refractivity contribution is -0.145. The van der Waals surface area contributed by atoms with Crippen molar-refractivity contribution in [1.29, 1.82) is 0 Å². The molecule has 2 amide bonds. The van der Waals surface area contributed by atoms with Crippen LogP contribution in [0, 0.1) is 17.8 Å². The van der Waals surface area contributed by atoms with Gasteiger partial charge in [0, 0.05) is 42.6 Å². The number of nitrogens with zero attached hydrogens (tertiary/aromatic N) is 2. The zero-order chi connectivity index (χ0) is 30.1. The fraction of sp³-hybridized carbons (Fsp3) is 0.412. The smallest absolute Gasteiger partial charge is 0.330 e. The van der Waals surface area contributed by atoms with E-state index in [1.165, 1.54) is 0 Å². The maximum Gasteiger partial charge on any atom is 0.330 e. The van der Waals surface area contributed by atoms with Crippen LogP contribution in [0.15, 0.2) is 66.7 Å². The number of allylic oxidation sites excluding steroid dienone is 1. The van der Waals surface area contributed by atoms with E-state index in [1.54, 1.807) is 19.1 Å². The number of carboxylic acid groups (broad SMARTS) is 1. The lowest BCUT2D eigenvalue weighted by Crippen LogP contribution is -2.49. The number of aromatic nitrogens is 1. The number of methoxy groups -OCH3 is 1. The van der Waals surface area contributed by atoms with Gasteiger partial charge in [-0.1, -0.05) is 42.5 Å². The molecule has 2 heterocycles. The largest absolute Gasteiger partial charge is 0.497 e. The van der Waals surface area contributed by atoms with Crippen LogP contribution in [0.2, 0.25) is 0 Å². The van der Waals surface area contributed by atoms with Gasteiger partial charge in [-0.2, -0.15) is 0 Å². The predicted molar refractivity (Wildman–Crippen MR) is 162 cm³/mol. The van der Waals surface area contributed by atoms with E-state index in [0.717, 1.165) is 35.9 Å². The molecule has 224 valence electrons. The normalized spacial score (nSPS) is 27.5. The molecule has 2 fully saturated rings. The number of benzene rings is 2. The number of ether oxygens (including phenoxy) is 2. The molecule has 1 aliphatic heterocycles. The second-order valence-electron chi connectivity index (χ2n) is 11.9. The Morgan fingerprint density at radius 3 is 2.63 bits per heavy atom. The van der Waals surface area contributed by atoms with Gasteiger partial charge in [0.25, 0.3) is 0 Å². The van der Waals surface area contributed by atoms with Crippen molar-refractivity contribution >= 4 is 28.7 Å². The van der Waals surface area contributed by atoms with E-state index in [-0.39, 0.29) is 11.8 Å². The quantitative estimate of drug-likeness (QED) is 0.413. The second-order valence-corrected chi connectivity index (χ2v) is 11.9. The van der Waals surface area contributed by atoms with Gasteiger partial charge in [0.15, 0.2) is 0 Å². The van der Waals surface area contributed by atoms with Gasteiger partial charge in [0.05, 0.1) is 30.2 Å². The van der Waals surface area contributed by atoms with Crippen LogP contribution < -0.4 is 14.8 Å². The molecule has 2 saturated carbocycles. The topological polar surface area (TPSA) is 118 Å². The SMILES string of the molecule is COc1ccc2c(O[C@@H]3C[C@H]4C(=O)N[C@]5(C(=O)O)C[C@H]5C=CCCCCN(C)C(=O)[C@@H]4C3)cc(-c3ccccc3)nc2c1. The molecule has 0 radical (unpaired) electrons. The number of carbonyl (C=O) groups excluding carboxylic acids is 2. The van der Waals surface area contributed by atoms with Gasteiger partial charge in [0.2, 0.25) is 11.8 Å². The standard InChI is InChI=1S/C34H37N3O6/c1-37-15-9-4-3-8-12-22-20-34(22,33(40)41)36-31(38)26-16-24(17-27(26)32(37)39)43-30-19-28(21-10-6-5-7-11-21)35-29-18-23(42-2)13-14-25(29)30/h5-8,10-14,18-19,22,24,26-27H,3-4,9,15-17,20H2,1-2H3,(H,36,38)(H,40,41)/t22-,24-,26-,27-,34-/m1/s1. The number of nitrogens with one attached hydrogen (secondary N) is 1. The minimum atomic E-state index is -1.32. The number of hydrogen-bond donors (Lipinski definition) is 2. The minimum Gasteiger partial charge on any atom is -0.497 e. The Kier molecular flexibility index (Phi) is 7.81. The summed E-state index contributed by atoms with van der Waals surface area (Å²) in [6.45, 7) is 0.600. The number of carboxylic acids is 1. The third-order valence-corrected chi connectivity index (χ3v) is 9.12. The lowest BCUT2D eigenvalue weighted by atomic mass is 9.93. The fourth-order valence-corrected chi connectivity index (χ4v) is 6.53. The van der Waals surface area contributed by atoms with Crippen molar-refractivity contribution in [2.24, 2.45) is 17.8 Å². The first kappa shape index (κ1) is 28.7. The van der Waals surface area contributed by atoms with Crippen molar-refractivity contribution in [2.45, 2.75) is 50.2 Å². The molecule has 0 saturated heterocycles. The highest BCUT2D eigenvalue weighted by atomic mass is 16.5. The van der Waals surface area contributed by atoms with E-state index in [9.17, 15) is 19.5 Å². The highest BCUT2D eigenvalue weighted by molar-refractivity contribution is 5.94. The monoisotopic (exact) mass is 583 g/mol. The zero-order valence-electron chi connectivity index (χ0n) is 24.5. The van der Waals surface area contributed by atoms with Gasteiger partial charge in [-0.3, -0.25) is 9.59 Å². The lowest BCUT2D eigenvalue weighted by Gasteiger charge is -2.26. The van der Waals surface area contributed by atoms with Crippen molar-refractivity contribution < 1.29 is 29.0 Å². The van der Waals surface area contributed by atoms with Crippen molar-refractivity contribution in [3.63, 3.8) is 0 Å². The average Bonchev–Trinajstić information content (AvgIpc) is 3.55. The maximum absolute atomic E-state index is 13.7. The second kappa shape index (κ2) is 11.7. The molecule has 9 heteroatoms. The van der Waals surface area contributed by atoms with Gasteiger partial charge in [-0.25, -0.2) is 9.78 Å². The van der Waals surface area contributed by atoms with Crippen LogP contribution in [-0.4, -0.2) is 65.1 Å². The summed E-state index contributed by atoms with van der Waals surface area (Å²) in [5.41, 5.74) is 1.05. The Labute approximate surface area is 250 Å². The summed E-state index contributed by atoms with van der Waals surface area (Å²) in [6, 6.07) is 17.3. The number of hydrogen-bond acceptors (Lipinski definition) is 6. The van der Waals surface area contributed by atoms with Crippen LogP contribution in [0.25, 0.3) is 22.2 Å². The highest BCUT2D eigenvalue weighted by Gasteiger charge is 2.61. The Hall–Kier alpha value is -4.40. The number of rotatable bonds is 5. The molecule has 2 aromatic carbocycles. The molecule has 2 aliphatic carbocycles. The van der Waals surface area contributed by atoms with Crippen LogP contribution in [0.1, 0.15) is 38.5 Å². The Balaban J connectivity index is 1.32. The number of fused-ring (bicyclic) bond motifs is 3. The summed E-state index contributed by atoms with van der Waals surface area (Å²) >= 11 is 0. The van der Waals surface area contributed by atoms with E-state index in [1.807, 2.05) is 66.7 Å². The van der Waals surface area contributed by atoms with Crippen LogP contribution in [-0.2, 0) is 14.4 Å². The summed E-state index contributed by atoms with van der Waals surface area (Å²) in [4.78, 5) is 46.3. The molecule has 2 N–H and O–H groups in total. The van der Waals surface area contributed by atoms with E-state index >= 15 is 0 Å². The summed E-state index contributed by atoms with van der Waals surface area (Å²) in [7, 11) is 3.38. The van der Waals surface area contributed by atoms with Crippen LogP contribution in [0.4, 0.5) is 0 Å². The Morgan fingerprint density at radius 1 is 1.07 bits per heavy atom. The molecule has 0 bridgehead atoms. The van der Waals surface area contributed by atoms with Crippen LogP contribution in [0.5, 0.6) is 11.5 Å². The fourth-order valence-electron chi connectivity index (χ4n) is 6.53. The molecule has 9 nitrogen and oxygen atoms in total. The van der Waals surface area contributed by atoms with E-state index < -0.39 is 35.4 Å². The molecule has 6 rings (SSSR count). The van der Waals surface area contributed by atoms with Crippen LogP contribution >= 0.6 is 0 Å². The summed E-state index contributed by atoms with van der Waals surface area (Å²) in [6.07, 6.45) is 7.03. The van der Waals surface area contributed by atoms with E-state index in [4.69, 9.17) is 14.5 Å². The van der Waals surface area contributed by atoms with Crippen LogP contribution in [0.3, 0.4) is 0 Å². The number of carbonyl (C=O) groups is 3. The summed E-state index contributed by atoms with van der Waals surface area (Å²) < 4.78 is 12.1.